The Morgan fingerprint density at radius 3 is 2.22 bits per heavy atom. The molecule has 10 unspecified atom stereocenters. The molecule has 0 spiro atoms. The van der Waals surface area contributed by atoms with E-state index in [0.29, 0.717) is 19.3 Å². The Balaban J connectivity index is 1.55. The zero-order valence-corrected chi connectivity index (χ0v) is 17.6. The predicted octanol–water partition coefficient (Wildman–Crippen LogP) is -3.05. The van der Waals surface area contributed by atoms with Crippen molar-refractivity contribution in [1.29, 1.82) is 0 Å². The van der Waals surface area contributed by atoms with Crippen molar-refractivity contribution >= 4 is 5.78 Å². The van der Waals surface area contributed by atoms with Crippen LogP contribution in [0.2, 0.25) is 0 Å². The van der Waals surface area contributed by atoms with Crippen LogP contribution in [0.1, 0.15) is 32.1 Å². The summed E-state index contributed by atoms with van der Waals surface area (Å²) in [5.41, 5.74) is 0. The number of hydrogen-bond acceptors (Lipinski definition) is 11. The number of carbonyl (C=O) groups is 1. The highest BCUT2D eigenvalue weighted by atomic mass is 16.7. The second-order valence-corrected chi connectivity index (χ2v) is 9.01. The summed E-state index contributed by atoms with van der Waals surface area (Å²) in [6, 6.07) is 0. The highest BCUT2D eigenvalue weighted by molar-refractivity contribution is 5.92. The minimum Gasteiger partial charge on any atom is -0.394 e. The minimum absolute atomic E-state index is 0.0646. The molecule has 0 radical (unpaired) electrons. The van der Waals surface area contributed by atoms with E-state index < -0.39 is 73.8 Å². The maximum atomic E-state index is 12.6. The van der Waals surface area contributed by atoms with Crippen LogP contribution in [-0.4, -0.2) is 114 Å². The van der Waals surface area contributed by atoms with Gasteiger partial charge in [0.2, 0.25) is 0 Å². The van der Waals surface area contributed by atoms with E-state index in [1.165, 1.54) is 6.08 Å². The molecule has 0 bridgehead atoms. The van der Waals surface area contributed by atoms with Gasteiger partial charge in [0.15, 0.2) is 12.1 Å². The Labute approximate surface area is 185 Å². The van der Waals surface area contributed by atoms with Gasteiger partial charge in [-0.2, -0.15) is 0 Å². The third kappa shape index (κ3) is 5.55. The Bertz CT molecular complexity index is 656. The predicted molar refractivity (Wildman–Crippen MR) is 107 cm³/mol. The van der Waals surface area contributed by atoms with Gasteiger partial charge >= 0.3 is 0 Å². The summed E-state index contributed by atoms with van der Waals surface area (Å²) < 4.78 is 10.8. The van der Waals surface area contributed by atoms with Crippen molar-refractivity contribution in [2.45, 2.75) is 93.3 Å². The largest absolute Gasteiger partial charge is 0.394 e. The van der Waals surface area contributed by atoms with Gasteiger partial charge in [-0.15, -0.1) is 0 Å². The lowest BCUT2D eigenvalue weighted by Gasteiger charge is -2.43. The number of aliphatic hydroxyl groups is 8. The van der Waals surface area contributed by atoms with Crippen LogP contribution in [0.5, 0.6) is 0 Å². The third-order valence-electron chi connectivity index (χ3n) is 6.78. The van der Waals surface area contributed by atoms with Crippen molar-refractivity contribution in [3.63, 3.8) is 0 Å². The fourth-order valence-electron chi connectivity index (χ4n) is 4.65. The molecule has 1 aliphatic heterocycles. The molecule has 0 amide bonds. The maximum absolute atomic E-state index is 12.6. The van der Waals surface area contributed by atoms with Crippen LogP contribution in [0.4, 0.5) is 0 Å². The van der Waals surface area contributed by atoms with Crippen molar-refractivity contribution in [3.05, 3.63) is 12.2 Å². The zero-order chi connectivity index (χ0) is 23.6. The summed E-state index contributed by atoms with van der Waals surface area (Å²) in [5, 5.41) is 79.4. The fraction of sp³-hybridized carbons (Fsp3) is 0.857. The van der Waals surface area contributed by atoms with Crippen LogP contribution in [-0.2, 0) is 14.3 Å². The van der Waals surface area contributed by atoms with Gasteiger partial charge in [-0.25, -0.2) is 0 Å². The van der Waals surface area contributed by atoms with E-state index in [1.807, 2.05) is 0 Å². The molecular weight excluding hydrogens is 428 g/mol. The number of rotatable bonds is 6. The molecule has 0 aromatic heterocycles. The van der Waals surface area contributed by atoms with Gasteiger partial charge in [0.25, 0.3) is 0 Å². The van der Waals surface area contributed by atoms with E-state index in [2.05, 4.69) is 0 Å². The first-order valence-corrected chi connectivity index (χ1v) is 11.0. The number of aliphatic hydroxyl groups excluding tert-OH is 8. The number of hydrogen-bond donors (Lipinski definition) is 8. The van der Waals surface area contributed by atoms with Gasteiger partial charge in [0.1, 0.15) is 30.5 Å². The van der Waals surface area contributed by atoms with E-state index in [1.54, 1.807) is 6.08 Å². The first kappa shape index (κ1) is 25.6. The number of carbonyl (C=O) groups excluding carboxylic acids is 1. The molecule has 0 aromatic carbocycles. The molecule has 11 heteroatoms. The lowest BCUT2D eigenvalue weighted by molar-refractivity contribution is -0.322. The van der Waals surface area contributed by atoms with E-state index in [-0.39, 0.29) is 24.5 Å². The van der Waals surface area contributed by atoms with Crippen LogP contribution in [0.15, 0.2) is 12.2 Å². The Morgan fingerprint density at radius 1 is 0.844 bits per heavy atom. The Morgan fingerprint density at radius 2 is 1.56 bits per heavy atom. The van der Waals surface area contributed by atoms with Crippen LogP contribution >= 0.6 is 0 Å². The molecule has 2 saturated carbocycles. The van der Waals surface area contributed by atoms with Crippen LogP contribution in [0.3, 0.4) is 0 Å². The van der Waals surface area contributed by atoms with E-state index >= 15 is 0 Å². The van der Waals surface area contributed by atoms with E-state index in [4.69, 9.17) is 9.47 Å². The average Bonchev–Trinajstić information content (AvgIpc) is 2.77. The highest BCUT2D eigenvalue weighted by Gasteiger charge is 2.47. The van der Waals surface area contributed by atoms with E-state index in [0.717, 1.165) is 0 Å². The summed E-state index contributed by atoms with van der Waals surface area (Å²) in [5.74, 6) is -1.30. The normalized spacial score (nSPS) is 48.1. The van der Waals surface area contributed by atoms with Gasteiger partial charge in [0.05, 0.1) is 36.9 Å². The van der Waals surface area contributed by atoms with Gasteiger partial charge < -0.3 is 50.3 Å². The standard InChI is InChI=1S/C21H34O11/c22-8-15-18(28)19(29)20(30)21(32-15)31-14-6-3-10(16(26)17(14)27)11(23)4-1-9-2-5-12(24)13(25)7-9/h1,4,9-10,12-22,24-30H,2-3,5-8H2/b4-1+/t9?,10?,12?,13?,14?,15-,16?,17?,18?,19+,20?,21?/m1/s1. The van der Waals surface area contributed by atoms with Crippen molar-refractivity contribution < 1.29 is 55.1 Å². The number of allylic oxidation sites excluding steroid dienone is 2. The second-order valence-electron chi connectivity index (χ2n) is 9.01. The lowest BCUT2D eigenvalue weighted by atomic mass is 9.79. The maximum Gasteiger partial charge on any atom is 0.187 e. The Hall–Kier alpha value is -0.990. The average molecular weight is 462 g/mol. The first-order chi connectivity index (χ1) is 15.1. The molecule has 0 aromatic rings. The smallest absolute Gasteiger partial charge is 0.187 e. The zero-order valence-electron chi connectivity index (χ0n) is 17.6. The molecule has 11 nitrogen and oxygen atoms in total. The molecule has 3 fully saturated rings. The topological polar surface area (TPSA) is 197 Å². The Kier molecular flexibility index (Phi) is 8.78. The van der Waals surface area contributed by atoms with Crippen LogP contribution in [0.25, 0.3) is 0 Å². The van der Waals surface area contributed by atoms with Crippen molar-refractivity contribution in [2.75, 3.05) is 6.61 Å². The summed E-state index contributed by atoms with van der Waals surface area (Å²) >= 11 is 0. The molecule has 1 saturated heterocycles. The monoisotopic (exact) mass is 462 g/mol. The van der Waals surface area contributed by atoms with Gasteiger partial charge in [-0.05, 0) is 44.1 Å². The van der Waals surface area contributed by atoms with Gasteiger partial charge in [-0.1, -0.05) is 6.08 Å². The summed E-state index contributed by atoms with van der Waals surface area (Å²) in [6.45, 7) is -0.624. The molecular formula is C21H34O11. The van der Waals surface area contributed by atoms with Crippen LogP contribution < -0.4 is 0 Å². The van der Waals surface area contributed by atoms with Crippen molar-refractivity contribution in [3.8, 4) is 0 Å². The molecule has 32 heavy (non-hydrogen) atoms. The summed E-state index contributed by atoms with van der Waals surface area (Å²) in [4.78, 5) is 12.6. The highest BCUT2D eigenvalue weighted by Crippen LogP contribution is 2.32. The quantitative estimate of drug-likeness (QED) is 0.187. The second kappa shape index (κ2) is 11.0. The fourth-order valence-corrected chi connectivity index (χ4v) is 4.65. The summed E-state index contributed by atoms with van der Waals surface area (Å²) in [7, 11) is 0. The SMILES string of the molecule is O=C(/C=C/C1CCC(O)C(O)C1)C1CCC(OC2O[C@H](CO)C(O)[C@H](O)C2O)C(O)C1O. The molecule has 1 heterocycles. The van der Waals surface area contributed by atoms with Crippen molar-refractivity contribution in [1.82, 2.24) is 0 Å². The first-order valence-electron chi connectivity index (χ1n) is 11.0. The van der Waals surface area contributed by atoms with Crippen LogP contribution in [0, 0.1) is 11.8 Å². The molecule has 3 aliphatic rings. The molecule has 2 aliphatic carbocycles. The number of ether oxygens (including phenoxy) is 2. The molecule has 184 valence electrons. The third-order valence-corrected chi connectivity index (χ3v) is 6.78. The van der Waals surface area contributed by atoms with Gasteiger partial charge in [0, 0.05) is 0 Å². The van der Waals surface area contributed by atoms with E-state index in [9.17, 15) is 45.6 Å². The summed E-state index contributed by atoms with van der Waals surface area (Å²) in [6.07, 6.45) is -8.16. The number of ketones is 1. The van der Waals surface area contributed by atoms with Gasteiger partial charge in [-0.3, -0.25) is 4.79 Å². The molecule has 3 rings (SSSR count). The lowest BCUT2D eigenvalue weighted by Crippen LogP contribution is -2.61. The molecule has 8 N–H and O–H groups in total. The van der Waals surface area contributed by atoms with Crippen molar-refractivity contribution in [2.24, 2.45) is 11.8 Å². The molecule has 12 atom stereocenters. The minimum atomic E-state index is -1.64.